The summed E-state index contributed by atoms with van der Waals surface area (Å²) in [5.41, 5.74) is 0.843. The fourth-order valence-electron chi connectivity index (χ4n) is 0.758. The van der Waals surface area contributed by atoms with Crippen LogP contribution in [-0.2, 0) is 6.42 Å². The SMILES string of the molecule is C=CCc1[c]ccc(F)c1. The standard InChI is InChI=1S/C9H8F/c1-2-4-8-5-3-6-9(10)7-8/h2-3,6-7H,1,4H2. The molecule has 0 heterocycles. The molecule has 10 heavy (non-hydrogen) atoms. The summed E-state index contributed by atoms with van der Waals surface area (Å²) in [5.74, 6) is -0.212. The number of rotatable bonds is 2. The fraction of sp³-hybridized carbons (Fsp3) is 0.111. The van der Waals surface area contributed by atoms with Crippen LogP contribution < -0.4 is 0 Å². The van der Waals surface area contributed by atoms with Gasteiger partial charge in [0.05, 0.1) is 0 Å². The zero-order valence-corrected chi connectivity index (χ0v) is 5.60. The monoisotopic (exact) mass is 135 g/mol. The van der Waals surface area contributed by atoms with Gasteiger partial charge in [0.1, 0.15) is 5.82 Å². The van der Waals surface area contributed by atoms with Crippen molar-refractivity contribution in [3.63, 3.8) is 0 Å². The van der Waals surface area contributed by atoms with Crippen LogP contribution in [0.2, 0.25) is 0 Å². The van der Waals surface area contributed by atoms with Crippen molar-refractivity contribution < 1.29 is 4.39 Å². The maximum absolute atomic E-state index is 12.4. The topological polar surface area (TPSA) is 0 Å². The minimum atomic E-state index is -0.212. The molecule has 0 spiro atoms. The third-order valence-corrected chi connectivity index (χ3v) is 1.19. The quantitative estimate of drug-likeness (QED) is 0.546. The number of halogens is 1. The number of allylic oxidation sites excluding steroid dienone is 1. The van der Waals surface area contributed by atoms with E-state index < -0.39 is 0 Å². The molecule has 51 valence electrons. The Labute approximate surface area is 60.0 Å². The summed E-state index contributed by atoms with van der Waals surface area (Å²) in [7, 11) is 0. The van der Waals surface area contributed by atoms with Crippen molar-refractivity contribution in [2.24, 2.45) is 0 Å². The maximum atomic E-state index is 12.4. The molecule has 0 nitrogen and oxygen atoms in total. The highest BCUT2D eigenvalue weighted by atomic mass is 19.1. The Kier molecular flexibility index (Phi) is 2.21. The van der Waals surface area contributed by atoms with Gasteiger partial charge < -0.3 is 0 Å². The molecule has 1 aromatic carbocycles. The molecule has 1 radical (unpaired) electrons. The summed E-state index contributed by atoms with van der Waals surface area (Å²) < 4.78 is 12.4. The van der Waals surface area contributed by atoms with Crippen LogP contribution in [0.25, 0.3) is 0 Å². The van der Waals surface area contributed by atoms with Gasteiger partial charge >= 0.3 is 0 Å². The molecule has 1 heteroatoms. The largest absolute Gasteiger partial charge is 0.207 e. The lowest BCUT2D eigenvalue weighted by Gasteiger charge is -1.93. The van der Waals surface area contributed by atoms with E-state index in [9.17, 15) is 4.39 Å². The van der Waals surface area contributed by atoms with Gasteiger partial charge in [-0.1, -0.05) is 12.1 Å². The third-order valence-electron chi connectivity index (χ3n) is 1.19. The van der Waals surface area contributed by atoms with Crippen LogP contribution >= 0.6 is 0 Å². The van der Waals surface area contributed by atoms with Crippen molar-refractivity contribution >= 4 is 0 Å². The molecule has 0 aromatic heterocycles. The third kappa shape index (κ3) is 1.69. The predicted molar refractivity (Wildman–Crippen MR) is 39.1 cm³/mol. The maximum Gasteiger partial charge on any atom is 0.123 e. The average molecular weight is 135 g/mol. The van der Waals surface area contributed by atoms with Gasteiger partial charge in [0.2, 0.25) is 0 Å². The van der Waals surface area contributed by atoms with Gasteiger partial charge in [0, 0.05) is 0 Å². The Morgan fingerprint density at radius 1 is 1.70 bits per heavy atom. The van der Waals surface area contributed by atoms with Gasteiger partial charge in [0.15, 0.2) is 0 Å². The van der Waals surface area contributed by atoms with Crippen LogP contribution in [-0.4, -0.2) is 0 Å². The van der Waals surface area contributed by atoms with Gasteiger partial charge in [-0.2, -0.15) is 0 Å². The molecule has 0 fully saturated rings. The molecule has 0 N–H and O–H groups in total. The van der Waals surface area contributed by atoms with Crippen LogP contribution in [0.1, 0.15) is 5.56 Å². The van der Waals surface area contributed by atoms with Gasteiger partial charge in [-0.05, 0) is 30.2 Å². The molecule has 0 aliphatic rings. The summed E-state index contributed by atoms with van der Waals surface area (Å²) >= 11 is 0. The highest BCUT2D eigenvalue weighted by Gasteiger charge is 1.90. The molecule has 0 bridgehead atoms. The minimum absolute atomic E-state index is 0.212. The van der Waals surface area contributed by atoms with E-state index in [2.05, 4.69) is 12.6 Å². The van der Waals surface area contributed by atoms with Crippen molar-refractivity contribution in [2.45, 2.75) is 6.42 Å². The molecule has 1 aromatic rings. The highest BCUT2D eigenvalue weighted by Crippen LogP contribution is 2.02. The number of benzene rings is 1. The zero-order chi connectivity index (χ0) is 7.40. The summed E-state index contributed by atoms with van der Waals surface area (Å²) in [6.45, 7) is 3.54. The minimum Gasteiger partial charge on any atom is -0.207 e. The first kappa shape index (κ1) is 7.00. The summed E-state index contributed by atoms with van der Waals surface area (Å²) in [6.07, 6.45) is 2.41. The predicted octanol–water partition coefficient (Wildman–Crippen LogP) is 2.35. The molecule has 0 aliphatic carbocycles. The fourth-order valence-corrected chi connectivity index (χ4v) is 0.758. The molecule has 0 amide bonds. The van der Waals surface area contributed by atoms with Crippen LogP contribution in [0.4, 0.5) is 4.39 Å². The van der Waals surface area contributed by atoms with Crippen LogP contribution in [0, 0.1) is 11.9 Å². The van der Waals surface area contributed by atoms with Crippen LogP contribution in [0.15, 0.2) is 30.9 Å². The van der Waals surface area contributed by atoms with E-state index in [0.717, 1.165) is 5.56 Å². The van der Waals surface area contributed by atoms with Crippen molar-refractivity contribution in [1.29, 1.82) is 0 Å². The van der Waals surface area contributed by atoms with E-state index in [1.807, 2.05) is 0 Å². The van der Waals surface area contributed by atoms with Crippen molar-refractivity contribution in [1.82, 2.24) is 0 Å². The Balaban J connectivity index is 2.84. The smallest absolute Gasteiger partial charge is 0.123 e. The number of hydrogen-bond acceptors (Lipinski definition) is 0. The van der Waals surface area contributed by atoms with E-state index in [0.29, 0.717) is 6.42 Å². The first-order valence-corrected chi connectivity index (χ1v) is 3.10. The highest BCUT2D eigenvalue weighted by molar-refractivity contribution is 5.16. The second kappa shape index (κ2) is 3.16. The molecule has 0 unspecified atom stereocenters. The lowest BCUT2D eigenvalue weighted by Crippen LogP contribution is -1.81. The molecule has 0 saturated carbocycles. The van der Waals surface area contributed by atoms with E-state index >= 15 is 0 Å². The molecule has 0 aliphatic heterocycles. The summed E-state index contributed by atoms with van der Waals surface area (Å²) in [4.78, 5) is 0. The Morgan fingerprint density at radius 3 is 3.10 bits per heavy atom. The molecule has 1 rings (SSSR count). The van der Waals surface area contributed by atoms with Gasteiger partial charge in [0.25, 0.3) is 0 Å². The molecular formula is C9H8F. The second-order valence-electron chi connectivity index (χ2n) is 2.02. The van der Waals surface area contributed by atoms with E-state index in [1.165, 1.54) is 12.1 Å². The first-order chi connectivity index (χ1) is 4.83. The van der Waals surface area contributed by atoms with Gasteiger partial charge in [-0.25, -0.2) is 4.39 Å². The Hall–Kier alpha value is -1.11. The average Bonchev–Trinajstić information content (AvgIpc) is 1.88. The zero-order valence-electron chi connectivity index (χ0n) is 5.60. The van der Waals surface area contributed by atoms with E-state index in [1.54, 1.807) is 12.1 Å². The number of hydrogen-bond donors (Lipinski definition) is 0. The Bertz CT molecular complexity index is 228. The van der Waals surface area contributed by atoms with Crippen molar-refractivity contribution in [2.75, 3.05) is 0 Å². The van der Waals surface area contributed by atoms with Crippen LogP contribution in [0.3, 0.4) is 0 Å². The first-order valence-electron chi connectivity index (χ1n) is 3.10. The molecule has 0 atom stereocenters. The van der Waals surface area contributed by atoms with Crippen molar-refractivity contribution in [3.05, 3.63) is 48.3 Å². The van der Waals surface area contributed by atoms with Gasteiger partial charge in [-0.3, -0.25) is 0 Å². The lowest BCUT2D eigenvalue weighted by atomic mass is 10.1. The van der Waals surface area contributed by atoms with E-state index in [-0.39, 0.29) is 5.82 Å². The Morgan fingerprint density at radius 2 is 2.50 bits per heavy atom. The second-order valence-corrected chi connectivity index (χ2v) is 2.02. The van der Waals surface area contributed by atoms with E-state index in [4.69, 9.17) is 0 Å². The lowest BCUT2D eigenvalue weighted by molar-refractivity contribution is 0.626. The van der Waals surface area contributed by atoms with Crippen LogP contribution in [0.5, 0.6) is 0 Å². The summed E-state index contributed by atoms with van der Waals surface area (Å²) in [6, 6.07) is 7.32. The summed E-state index contributed by atoms with van der Waals surface area (Å²) in [5, 5.41) is 0. The molecule has 0 saturated heterocycles. The normalized spacial score (nSPS) is 9.30. The molecular weight excluding hydrogens is 127 g/mol. The van der Waals surface area contributed by atoms with Gasteiger partial charge in [-0.15, -0.1) is 6.58 Å². The van der Waals surface area contributed by atoms with Crippen molar-refractivity contribution in [3.8, 4) is 0 Å².